The van der Waals surface area contributed by atoms with Crippen LogP contribution in [0.5, 0.6) is 0 Å². The fraction of sp³-hybridized carbons (Fsp3) is 0.600. The Morgan fingerprint density at radius 1 is 1.11 bits per heavy atom. The molecule has 0 radical (unpaired) electrons. The monoisotopic (exact) mass is 509 g/mol. The minimum Gasteiger partial charge on any atom is -0.468 e. The van der Waals surface area contributed by atoms with Crippen molar-refractivity contribution in [2.45, 2.75) is 71.7 Å². The smallest absolute Gasteiger partial charge is 0.408 e. The molecule has 9 nitrogen and oxygen atoms in total. The highest BCUT2D eigenvalue weighted by Crippen LogP contribution is 2.28. The summed E-state index contributed by atoms with van der Waals surface area (Å²) >= 11 is 1.54. The lowest BCUT2D eigenvalue weighted by molar-refractivity contribution is -0.146. The Morgan fingerprint density at radius 2 is 1.74 bits per heavy atom. The summed E-state index contributed by atoms with van der Waals surface area (Å²) in [7, 11) is 1.23. The summed E-state index contributed by atoms with van der Waals surface area (Å²) in [6.07, 6.45) is 1.56. The van der Waals surface area contributed by atoms with E-state index in [1.54, 1.807) is 58.5 Å². The molecule has 1 aromatic rings. The molecular formula is C25H39N3O6S. The molecule has 0 saturated heterocycles. The van der Waals surface area contributed by atoms with Crippen molar-refractivity contribution in [2.24, 2.45) is 0 Å². The normalized spacial score (nSPS) is 12.9. The predicted octanol–water partition coefficient (Wildman–Crippen LogP) is 3.21. The Hall–Kier alpha value is -2.75. The van der Waals surface area contributed by atoms with E-state index in [0.717, 1.165) is 5.56 Å². The second kappa shape index (κ2) is 14.0. The summed E-state index contributed by atoms with van der Waals surface area (Å²) in [5.41, 5.74) is 0.703. The number of ether oxygens (including phenoxy) is 2. The van der Waals surface area contributed by atoms with Crippen LogP contribution in [0.1, 0.15) is 58.2 Å². The summed E-state index contributed by atoms with van der Waals surface area (Å²) in [5, 5.41) is 5.27. The highest BCUT2D eigenvalue weighted by Gasteiger charge is 2.38. The van der Waals surface area contributed by atoms with Gasteiger partial charge in [0.15, 0.2) is 0 Å². The number of amides is 3. The summed E-state index contributed by atoms with van der Waals surface area (Å²) < 4.78 is 10.0. The molecule has 0 aromatic heterocycles. The van der Waals surface area contributed by atoms with E-state index >= 15 is 0 Å². The maximum absolute atomic E-state index is 13.9. The number of nitrogens with one attached hydrogen (secondary N) is 2. The highest BCUT2D eigenvalue weighted by atomic mass is 32.2. The molecule has 0 saturated carbocycles. The number of methoxy groups -OCH3 is 1. The van der Waals surface area contributed by atoms with Crippen LogP contribution in [0, 0.1) is 6.92 Å². The molecule has 1 aromatic carbocycles. The lowest BCUT2D eigenvalue weighted by Gasteiger charge is -2.37. The van der Waals surface area contributed by atoms with E-state index in [9.17, 15) is 19.2 Å². The van der Waals surface area contributed by atoms with E-state index in [1.807, 2.05) is 25.3 Å². The van der Waals surface area contributed by atoms with Crippen LogP contribution in [0.25, 0.3) is 0 Å². The van der Waals surface area contributed by atoms with Crippen molar-refractivity contribution in [3.05, 3.63) is 35.4 Å². The lowest BCUT2D eigenvalue weighted by atomic mass is 9.96. The number of nitrogens with zero attached hydrogens (tertiary/aromatic N) is 1. The van der Waals surface area contributed by atoms with Gasteiger partial charge in [-0.2, -0.15) is 11.8 Å². The molecule has 0 bridgehead atoms. The fourth-order valence-corrected chi connectivity index (χ4v) is 3.91. The standard InChI is InChI=1S/C25H39N3O6S/c1-16(2)28(23(31)19(13-14-35-8)27-24(32)34-25(4,5)6)21(18-12-10-9-11-17(18)3)22(30)26-15-20(29)33-7/h9-12,16,19,21H,13-15H2,1-8H3,(H,26,30)(H,27,32). The van der Waals surface area contributed by atoms with Crippen LogP contribution in [0.4, 0.5) is 4.79 Å². The van der Waals surface area contributed by atoms with Gasteiger partial charge in [0.1, 0.15) is 24.2 Å². The Kier molecular flexibility index (Phi) is 12.1. The topological polar surface area (TPSA) is 114 Å². The van der Waals surface area contributed by atoms with Crippen LogP contribution >= 0.6 is 11.8 Å². The Balaban J connectivity index is 3.43. The minimum absolute atomic E-state index is 0.329. The van der Waals surface area contributed by atoms with Gasteiger partial charge in [-0.15, -0.1) is 0 Å². The van der Waals surface area contributed by atoms with Gasteiger partial charge < -0.3 is 25.0 Å². The van der Waals surface area contributed by atoms with Gasteiger partial charge >= 0.3 is 12.1 Å². The van der Waals surface area contributed by atoms with Crippen molar-refractivity contribution in [2.75, 3.05) is 25.7 Å². The number of carbonyl (C=O) groups excluding carboxylic acids is 4. The Bertz CT molecular complexity index is 884. The van der Waals surface area contributed by atoms with Crippen LogP contribution in [0.3, 0.4) is 0 Å². The summed E-state index contributed by atoms with van der Waals surface area (Å²) in [6.45, 7) is 10.3. The van der Waals surface area contributed by atoms with E-state index in [0.29, 0.717) is 17.7 Å². The van der Waals surface area contributed by atoms with Crippen molar-refractivity contribution in [3.8, 4) is 0 Å². The third-order valence-corrected chi connectivity index (χ3v) is 5.70. The van der Waals surface area contributed by atoms with E-state index in [-0.39, 0.29) is 6.54 Å². The average Bonchev–Trinajstić information content (AvgIpc) is 2.77. The molecule has 2 N–H and O–H groups in total. The summed E-state index contributed by atoms with van der Waals surface area (Å²) in [4.78, 5) is 52.9. The number of esters is 1. The third-order valence-electron chi connectivity index (χ3n) is 5.05. The molecule has 0 spiro atoms. The molecule has 0 aliphatic rings. The Morgan fingerprint density at radius 3 is 2.26 bits per heavy atom. The minimum atomic E-state index is -1.02. The quantitative estimate of drug-likeness (QED) is 0.440. The molecule has 0 heterocycles. The second-order valence-electron chi connectivity index (χ2n) is 9.37. The van der Waals surface area contributed by atoms with Gasteiger partial charge in [-0.25, -0.2) is 4.79 Å². The summed E-state index contributed by atoms with van der Waals surface area (Å²) in [5.74, 6) is -0.926. The maximum atomic E-state index is 13.9. The van der Waals surface area contributed by atoms with Crippen LogP contribution in [-0.2, 0) is 23.9 Å². The zero-order chi connectivity index (χ0) is 26.8. The first-order valence-electron chi connectivity index (χ1n) is 11.5. The van der Waals surface area contributed by atoms with Crippen LogP contribution < -0.4 is 10.6 Å². The van der Waals surface area contributed by atoms with Gasteiger partial charge in [0.05, 0.1) is 7.11 Å². The molecule has 0 aliphatic carbocycles. The molecule has 3 amide bonds. The number of rotatable bonds is 11. The second-order valence-corrected chi connectivity index (χ2v) is 10.4. The van der Waals surface area contributed by atoms with Crippen molar-refractivity contribution in [1.29, 1.82) is 0 Å². The molecule has 2 atom stereocenters. The largest absolute Gasteiger partial charge is 0.468 e. The summed E-state index contributed by atoms with van der Waals surface area (Å²) in [6, 6.07) is 4.94. The van der Waals surface area contributed by atoms with Gasteiger partial charge in [0, 0.05) is 6.04 Å². The first kappa shape index (κ1) is 30.3. The predicted molar refractivity (Wildman–Crippen MR) is 137 cm³/mol. The van der Waals surface area contributed by atoms with E-state index in [2.05, 4.69) is 15.4 Å². The van der Waals surface area contributed by atoms with Gasteiger partial charge in [0.25, 0.3) is 0 Å². The van der Waals surface area contributed by atoms with Crippen LogP contribution in [-0.4, -0.2) is 72.1 Å². The average molecular weight is 510 g/mol. The number of thioether (sulfide) groups is 1. The molecule has 0 fully saturated rings. The number of alkyl carbamates (subject to hydrolysis) is 1. The number of carbonyl (C=O) groups is 4. The van der Waals surface area contributed by atoms with Gasteiger partial charge in [-0.1, -0.05) is 24.3 Å². The molecule has 196 valence electrons. The lowest BCUT2D eigenvalue weighted by Crippen LogP contribution is -2.55. The first-order valence-corrected chi connectivity index (χ1v) is 12.9. The Labute approximate surface area is 212 Å². The number of benzene rings is 1. The zero-order valence-electron chi connectivity index (χ0n) is 22.0. The molecule has 35 heavy (non-hydrogen) atoms. The van der Waals surface area contributed by atoms with E-state index < -0.39 is 47.6 Å². The molecule has 2 unspecified atom stereocenters. The number of hydrogen-bond acceptors (Lipinski definition) is 7. The van der Waals surface area contributed by atoms with Gasteiger partial charge in [-0.05, 0) is 71.1 Å². The number of aryl methyl sites for hydroxylation is 1. The first-order chi connectivity index (χ1) is 16.3. The van der Waals surface area contributed by atoms with Gasteiger partial charge in [0.2, 0.25) is 11.8 Å². The number of hydrogen-bond donors (Lipinski definition) is 2. The molecule has 1 rings (SSSR count). The molecular weight excluding hydrogens is 470 g/mol. The molecule has 10 heteroatoms. The van der Waals surface area contributed by atoms with Crippen molar-refractivity contribution < 1.29 is 28.7 Å². The molecule has 0 aliphatic heterocycles. The third kappa shape index (κ3) is 9.79. The fourth-order valence-electron chi connectivity index (χ4n) is 3.44. The highest BCUT2D eigenvalue weighted by molar-refractivity contribution is 7.98. The SMILES string of the molecule is COC(=O)CNC(=O)C(c1ccccc1C)N(C(=O)C(CCSC)NC(=O)OC(C)(C)C)C(C)C. The van der Waals surface area contributed by atoms with E-state index in [4.69, 9.17) is 4.74 Å². The van der Waals surface area contributed by atoms with Gasteiger partial charge in [-0.3, -0.25) is 14.4 Å². The zero-order valence-corrected chi connectivity index (χ0v) is 22.8. The maximum Gasteiger partial charge on any atom is 0.408 e. The van der Waals surface area contributed by atoms with Crippen molar-refractivity contribution >= 4 is 35.6 Å². The van der Waals surface area contributed by atoms with Crippen molar-refractivity contribution in [1.82, 2.24) is 15.5 Å². The van der Waals surface area contributed by atoms with Crippen LogP contribution in [0.2, 0.25) is 0 Å². The van der Waals surface area contributed by atoms with Crippen LogP contribution in [0.15, 0.2) is 24.3 Å². The van der Waals surface area contributed by atoms with E-state index in [1.165, 1.54) is 12.0 Å². The van der Waals surface area contributed by atoms with Crippen molar-refractivity contribution in [3.63, 3.8) is 0 Å².